The first kappa shape index (κ1) is 28.2. The lowest BCUT2D eigenvalue weighted by molar-refractivity contribution is -0.139. The summed E-state index contributed by atoms with van der Waals surface area (Å²) in [5, 5.41) is 2.75. The molecule has 2 rings (SSSR count). The average molecular weight is 511 g/mol. The van der Waals surface area contributed by atoms with Crippen LogP contribution in [0.5, 0.6) is 0 Å². The van der Waals surface area contributed by atoms with E-state index in [1.807, 2.05) is 13.8 Å². The lowest BCUT2D eigenvalue weighted by Gasteiger charge is -2.33. The van der Waals surface area contributed by atoms with Gasteiger partial charge in [0.15, 0.2) is 0 Å². The predicted molar refractivity (Wildman–Crippen MR) is 131 cm³/mol. The molecule has 0 aromatic heterocycles. The number of halogens is 2. The van der Waals surface area contributed by atoms with Gasteiger partial charge in [-0.15, -0.1) is 0 Å². The summed E-state index contributed by atoms with van der Waals surface area (Å²) in [6, 6.07) is 9.46. The Kier molecular flexibility index (Phi) is 9.73. The largest absolute Gasteiger partial charge is 0.354 e. The van der Waals surface area contributed by atoms with Crippen LogP contribution in [-0.4, -0.2) is 62.7 Å². The first-order chi connectivity index (χ1) is 16.3. The van der Waals surface area contributed by atoms with Crippen LogP contribution in [0.3, 0.4) is 0 Å². The Morgan fingerprint density at radius 3 is 2.11 bits per heavy atom. The molecule has 0 saturated heterocycles. The van der Waals surface area contributed by atoms with E-state index >= 15 is 0 Å². The highest BCUT2D eigenvalue weighted by Crippen LogP contribution is 2.21. The van der Waals surface area contributed by atoms with E-state index in [1.165, 1.54) is 51.4 Å². The Morgan fingerprint density at radius 2 is 1.57 bits per heavy atom. The molecule has 0 aliphatic carbocycles. The van der Waals surface area contributed by atoms with Crippen molar-refractivity contribution in [2.45, 2.75) is 33.4 Å². The Bertz CT molecular complexity index is 1120. The van der Waals surface area contributed by atoms with E-state index in [2.05, 4.69) is 5.32 Å². The number of carbonyl (C=O) groups excluding carboxylic acids is 2. The molecule has 2 amide bonds. The van der Waals surface area contributed by atoms with Crippen molar-refractivity contribution in [3.8, 4) is 0 Å². The summed E-state index contributed by atoms with van der Waals surface area (Å²) in [6.07, 6.45) is 0. The summed E-state index contributed by atoms with van der Waals surface area (Å²) in [5.41, 5.74) is 0.240. The topological polar surface area (TPSA) is 90.0 Å². The minimum absolute atomic E-state index is 0.0659. The van der Waals surface area contributed by atoms with Gasteiger partial charge in [-0.3, -0.25) is 9.59 Å². The first-order valence-electron chi connectivity index (χ1n) is 11.1. The zero-order valence-electron chi connectivity index (χ0n) is 20.5. The minimum Gasteiger partial charge on any atom is -0.354 e. The zero-order chi connectivity index (χ0) is 26.3. The molecule has 192 valence electrons. The average Bonchev–Trinajstić information content (AvgIpc) is 2.80. The molecule has 2 aromatic rings. The second-order valence-corrected chi connectivity index (χ2v) is 10.8. The fourth-order valence-electron chi connectivity index (χ4n) is 3.17. The maximum atomic E-state index is 14.4. The van der Waals surface area contributed by atoms with E-state index in [0.717, 1.165) is 25.6 Å². The van der Waals surface area contributed by atoms with Crippen LogP contribution >= 0.6 is 0 Å². The molecule has 1 N–H and O–H groups in total. The minimum atomic E-state index is -4.16. The van der Waals surface area contributed by atoms with Crippen molar-refractivity contribution in [1.29, 1.82) is 0 Å². The van der Waals surface area contributed by atoms with Crippen LogP contribution in [0, 0.1) is 17.6 Å². The maximum absolute atomic E-state index is 14.4. The zero-order valence-corrected chi connectivity index (χ0v) is 21.4. The Morgan fingerprint density at radius 1 is 0.971 bits per heavy atom. The van der Waals surface area contributed by atoms with Gasteiger partial charge in [0.05, 0.1) is 5.69 Å². The third-order valence-corrected chi connectivity index (χ3v) is 7.10. The lowest BCUT2D eigenvalue weighted by atomic mass is 10.1. The highest BCUT2D eigenvalue weighted by molar-refractivity contribution is 7.90. The molecule has 2 aromatic carbocycles. The number of hydrogen-bond acceptors (Lipinski definition) is 4. The molecule has 1 unspecified atom stereocenters. The van der Waals surface area contributed by atoms with Gasteiger partial charge in [0.1, 0.15) is 24.2 Å². The second kappa shape index (κ2) is 12.1. The molecule has 0 fully saturated rings. The summed E-state index contributed by atoms with van der Waals surface area (Å²) >= 11 is 0. The van der Waals surface area contributed by atoms with Crippen LogP contribution < -0.4 is 9.62 Å². The Labute approximate surface area is 205 Å². The quantitative estimate of drug-likeness (QED) is 0.504. The summed E-state index contributed by atoms with van der Waals surface area (Å²) in [7, 11) is -1.56. The van der Waals surface area contributed by atoms with E-state index in [4.69, 9.17) is 0 Å². The van der Waals surface area contributed by atoms with Crippen LogP contribution in [0.4, 0.5) is 14.5 Å². The standard InChI is InChI=1S/C24H32F2N4O4S/c1-17(2)14-27-24(32)18(3)29(15-19-8-6-7-9-22(19)26)23(31)16-30(35(33,34)28(4)5)21-12-10-20(25)11-13-21/h6-13,17-18H,14-16H2,1-5H3,(H,27,32). The second-order valence-electron chi connectivity index (χ2n) is 8.70. The SMILES string of the molecule is CC(C)CNC(=O)C(C)N(Cc1ccccc1F)C(=O)CN(c1ccc(F)cc1)S(=O)(=O)N(C)C. The van der Waals surface area contributed by atoms with Gasteiger partial charge in [-0.2, -0.15) is 12.7 Å². The molecule has 0 radical (unpaired) electrons. The van der Waals surface area contributed by atoms with Gasteiger partial charge in [-0.1, -0.05) is 32.0 Å². The molecule has 0 bridgehead atoms. The van der Waals surface area contributed by atoms with E-state index in [-0.39, 0.29) is 23.7 Å². The van der Waals surface area contributed by atoms with Crippen molar-refractivity contribution in [1.82, 2.24) is 14.5 Å². The molecule has 1 atom stereocenters. The molecular weight excluding hydrogens is 478 g/mol. The fourth-order valence-corrected chi connectivity index (χ4v) is 4.23. The van der Waals surface area contributed by atoms with E-state index in [9.17, 15) is 26.8 Å². The van der Waals surface area contributed by atoms with Crippen LogP contribution in [0.1, 0.15) is 26.3 Å². The molecular formula is C24H32F2N4O4S. The number of carbonyl (C=O) groups is 2. The monoisotopic (exact) mass is 510 g/mol. The number of amides is 2. The molecule has 11 heteroatoms. The first-order valence-corrected chi connectivity index (χ1v) is 12.5. The van der Waals surface area contributed by atoms with E-state index in [0.29, 0.717) is 6.54 Å². The van der Waals surface area contributed by atoms with E-state index in [1.54, 1.807) is 6.07 Å². The van der Waals surface area contributed by atoms with Gasteiger partial charge in [-0.25, -0.2) is 13.1 Å². The van der Waals surface area contributed by atoms with Gasteiger partial charge < -0.3 is 10.2 Å². The van der Waals surface area contributed by atoms with Gasteiger partial charge >= 0.3 is 10.2 Å². The summed E-state index contributed by atoms with van der Waals surface area (Å²) < 4.78 is 55.6. The maximum Gasteiger partial charge on any atom is 0.304 e. The number of benzene rings is 2. The number of nitrogens with zero attached hydrogens (tertiary/aromatic N) is 3. The van der Waals surface area contributed by atoms with Crippen LogP contribution in [0.2, 0.25) is 0 Å². The van der Waals surface area contributed by atoms with Crippen LogP contribution in [-0.2, 0) is 26.3 Å². The third-order valence-electron chi connectivity index (χ3n) is 5.28. The molecule has 35 heavy (non-hydrogen) atoms. The van der Waals surface area contributed by atoms with Crippen molar-refractivity contribution >= 4 is 27.7 Å². The molecule has 0 saturated carbocycles. The van der Waals surface area contributed by atoms with Gasteiger partial charge in [-0.05, 0) is 43.2 Å². The van der Waals surface area contributed by atoms with Crippen molar-refractivity contribution < 1.29 is 26.8 Å². The van der Waals surface area contributed by atoms with Crippen LogP contribution in [0.15, 0.2) is 48.5 Å². The number of nitrogens with one attached hydrogen (secondary N) is 1. The van der Waals surface area contributed by atoms with E-state index < -0.39 is 46.2 Å². The fraction of sp³-hybridized carbons (Fsp3) is 0.417. The summed E-state index contributed by atoms with van der Waals surface area (Å²) in [4.78, 5) is 27.4. The van der Waals surface area contributed by atoms with Crippen molar-refractivity contribution in [3.63, 3.8) is 0 Å². The van der Waals surface area contributed by atoms with Crippen molar-refractivity contribution in [2.75, 3.05) is 31.5 Å². The Balaban J connectivity index is 2.44. The molecule has 0 spiro atoms. The van der Waals surface area contributed by atoms with Crippen molar-refractivity contribution in [3.05, 3.63) is 65.7 Å². The van der Waals surface area contributed by atoms with Gasteiger partial charge in [0, 0.05) is 32.7 Å². The normalized spacial score (nSPS) is 12.5. The number of rotatable bonds is 11. The number of hydrogen-bond donors (Lipinski definition) is 1. The molecule has 0 heterocycles. The van der Waals surface area contributed by atoms with Gasteiger partial charge in [0.2, 0.25) is 11.8 Å². The third kappa shape index (κ3) is 7.46. The van der Waals surface area contributed by atoms with Crippen LogP contribution in [0.25, 0.3) is 0 Å². The molecule has 0 aliphatic rings. The van der Waals surface area contributed by atoms with Gasteiger partial charge in [0.25, 0.3) is 0 Å². The Hall–Kier alpha value is -3.05. The van der Waals surface area contributed by atoms with Crippen molar-refractivity contribution in [2.24, 2.45) is 5.92 Å². The summed E-state index contributed by atoms with van der Waals surface area (Å²) in [6.45, 7) is 4.78. The highest BCUT2D eigenvalue weighted by Gasteiger charge is 2.33. The highest BCUT2D eigenvalue weighted by atomic mass is 32.2. The predicted octanol–water partition coefficient (Wildman–Crippen LogP) is 2.77. The lowest BCUT2D eigenvalue weighted by Crippen LogP contribution is -2.52. The molecule has 0 aliphatic heterocycles. The molecule has 8 nitrogen and oxygen atoms in total. The number of anilines is 1. The smallest absolute Gasteiger partial charge is 0.304 e. The summed E-state index contributed by atoms with van der Waals surface area (Å²) in [5.74, 6) is -2.14.